The van der Waals surface area contributed by atoms with Gasteiger partial charge in [-0.05, 0) is 44.2 Å². The predicted octanol–water partition coefficient (Wildman–Crippen LogP) is 2.29. The van der Waals surface area contributed by atoms with E-state index in [4.69, 9.17) is 0 Å². The molecule has 1 aromatic heterocycles. The highest BCUT2D eigenvalue weighted by Gasteiger charge is 2.27. The van der Waals surface area contributed by atoms with Gasteiger partial charge in [0.1, 0.15) is 5.82 Å². The molecule has 0 radical (unpaired) electrons. The third-order valence-electron chi connectivity index (χ3n) is 4.50. The van der Waals surface area contributed by atoms with Gasteiger partial charge in [-0.1, -0.05) is 0 Å². The summed E-state index contributed by atoms with van der Waals surface area (Å²) in [5.74, 6) is 0.958. The van der Waals surface area contributed by atoms with E-state index >= 15 is 0 Å². The van der Waals surface area contributed by atoms with E-state index in [-0.39, 0.29) is 6.03 Å². The highest BCUT2D eigenvalue weighted by Crippen LogP contribution is 2.21. The summed E-state index contributed by atoms with van der Waals surface area (Å²) >= 11 is 0. The normalized spacial score (nSPS) is 21.5. The van der Waals surface area contributed by atoms with E-state index in [0.717, 1.165) is 56.7 Å². The van der Waals surface area contributed by atoms with Crippen LogP contribution in [0.3, 0.4) is 0 Å². The minimum absolute atomic E-state index is 0.116. The zero-order chi connectivity index (χ0) is 16.2. The Kier molecular flexibility index (Phi) is 4.88. The van der Waals surface area contributed by atoms with E-state index < -0.39 is 0 Å². The van der Waals surface area contributed by atoms with Gasteiger partial charge in [-0.15, -0.1) is 0 Å². The van der Waals surface area contributed by atoms with Crippen molar-refractivity contribution >= 4 is 17.5 Å². The van der Waals surface area contributed by atoms with Gasteiger partial charge in [-0.3, -0.25) is 0 Å². The zero-order valence-electron chi connectivity index (χ0n) is 14.1. The smallest absolute Gasteiger partial charge is 0.317 e. The van der Waals surface area contributed by atoms with E-state index in [1.807, 2.05) is 36.2 Å². The van der Waals surface area contributed by atoms with E-state index in [2.05, 4.69) is 21.7 Å². The summed E-state index contributed by atoms with van der Waals surface area (Å²) in [7, 11) is 3.98. The molecule has 3 rings (SSSR count). The predicted molar refractivity (Wildman–Crippen MR) is 93.0 cm³/mol. The molecule has 2 aliphatic rings. The molecule has 0 aromatic carbocycles. The number of likely N-dealkylation sites (tertiary alicyclic amines) is 1. The molecule has 23 heavy (non-hydrogen) atoms. The summed E-state index contributed by atoms with van der Waals surface area (Å²) in [5.41, 5.74) is 1.05. The number of urea groups is 1. The van der Waals surface area contributed by atoms with Crippen molar-refractivity contribution in [1.29, 1.82) is 0 Å². The molecule has 6 nitrogen and oxygen atoms in total. The lowest BCUT2D eigenvalue weighted by atomic mass is 10.1. The van der Waals surface area contributed by atoms with E-state index in [1.165, 1.54) is 0 Å². The van der Waals surface area contributed by atoms with Crippen molar-refractivity contribution in [2.45, 2.75) is 44.2 Å². The van der Waals surface area contributed by atoms with Crippen LogP contribution >= 0.6 is 0 Å². The van der Waals surface area contributed by atoms with Crippen LogP contribution in [0.1, 0.15) is 32.1 Å². The summed E-state index contributed by atoms with van der Waals surface area (Å²) in [4.78, 5) is 20.5. The average Bonchev–Trinajstić information content (AvgIpc) is 3.35. The molecule has 1 saturated heterocycles. The van der Waals surface area contributed by atoms with Gasteiger partial charge in [-0.25, -0.2) is 9.78 Å². The number of amides is 2. The third-order valence-corrected chi connectivity index (χ3v) is 4.50. The number of aromatic nitrogens is 1. The number of anilines is 2. The first-order valence-corrected chi connectivity index (χ1v) is 8.57. The van der Waals surface area contributed by atoms with Crippen LogP contribution in [-0.4, -0.2) is 55.2 Å². The van der Waals surface area contributed by atoms with Gasteiger partial charge in [0, 0.05) is 39.3 Å². The summed E-state index contributed by atoms with van der Waals surface area (Å²) in [6.07, 6.45) is 7.27. The molecule has 2 heterocycles. The highest BCUT2D eigenvalue weighted by molar-refractivity contribution is 5.74. The largest absolute Gasteiger partial charge is 0.381 e. The Labute approximate surface area is 138 Å². The van der Waals surface area contributed by atoms with Crippen LogP contribution in [0.2, 0.25) is 0 Å². The van der Waals surface area contributed by atoms with Gasteiger partial charge in [0.25, 0.3) is 0 Å². The molecule has 126 valence electrons. The standard InChI is InChI=1S/C17H27N5O/c1-21(2)16-8-7-15(12-18-16)19-13-4-3-10-22(11-9-13)17(23)20-14-5-6-14/h7-8,12-14,19H,3-6,9-11H2,1-2H3,(H,20,23). The lowest BCUT2D eigenvalue weighted by molar-refractivity contribution is 0.199. The van der Waals surface area contributed by atoms with Crippen LogP contribution in [0.4, 0.5) is 16.3 Å². The van der Waals surface area contributed by atoms with Crippen molar-refractivity contribution in [3.8, 4) is 0 Å². The van der Waals surface area contributed by atoms with E-state index in [9.17, 15) is 4.79 Å². The Balaban J connectivity index is 1.50. The van der Waals surface area contributed by atoms with Gasteiger partial charge >= 0.3 is 6.03 Å². The molecule has 2 N–H and O–H groups in total. The average molecular weight is 317 g/mol. The van der Waals surface area contributed by atoms with Gasteiger partial charge in [0.15, 0.2) is 0 Å². The summed E-state index contributed by atoms with van der Waals surface area (Å²) in [6.45, 7) is 1.67. The second-order valence-electron chi connectivity index (χ2n) is 6.78. The number of carbonyl (C=O) groups is 1. The molecule has 0 bridgehead atoms. The molecule has 1 aromatic rings. The Morgan fingerprint density at radius 2 is 2.00 bits per heavy atom. The Hall–Kier alpha value is -1.98. The molecule has 2 amide bonds. The first-order valence-electron chi connectivity index (χ1n) is 8.57. The molecule has 1 atom stereocenters. The number of pyridine rings is 1. The maximum Gasteiger partial charge on any atom is 0.317 e. The zero-order valence-corrected chi connectivity index (χ0v) is 14.1. The lowest BCUT2D eigenvalue weighted by Crippen LogP contribution is -2.41. The van der Waals surface area contributed by atoms with E-state index in [0.29, 0.717) is 12.1 Å². The minimum atomic E-state index is 0.116. The fraction of sp³-hybridized carbons (Fsp3) is 0.647. The second kappa shape index (κ2) is 7.06. The monoisotopic (exact) mass is 317 g/mol. The molecule has 1 unspecified atom stereocenters. The molecule has 2 fully saturated rings. The van der Waals surface area contributed by atoms with Crippen LogP contribution in [0.5, 0.6) is 0 Å². The van der Waals surface area contributed by atoms with Crippen molar-refractivity contribution in [2.24, 2.45) is 0 Å². The summed E-state index contributed by atoms with van der Waals surface area (Å²) in [6, 6.07) is 5.05. The second-order valence-corrected chi connectivity index (χ2v) is 6.78. The van der Waals surface area contributed by atoms with Gasteiger partial charge < -0.3 is 20.4 Å². The Bertz CT molecular complexity index is 526. The first-order chi connectivity index (χ1) is 11.1. The first kappa shape index (κ1) is 15.9. The van der Waals surface area contributed by atoms with Crippen molar-refractivity contribution in [1.82, 2.24) is 15.2 Å². The van der Waals surface area contributed by atoms with Crippen molar-refractivity contribution in [2.75, 3.05) is 37.4 Å². The molecular weight excluding hydrogens is 290 g/mol. The van der Waals surface area contributed by atoms with Gasteiger partial charge in [0.2, 0.25) is 0 Å². The Morgan fingerprint density at radius 1 is 1.17 bits per heavy atom. The molecule has 0 spiro atoms. The fourth-order valence-corrected chi connectivity index (χ4v) is 2.91. The number of rotatable bonds is 4. The quantitative estimate of drug-likeness (QED) is 0.894. The van der Waals surface area contributed by atoms with Crippen LogP contribution in [0, 0.1) is 0 Å². The van der Waals surface area contributed by atoms with Crippen LogP contribution < -0.4 is 15.5 Å². The summed E-state index contributed by atoms with van der Waals surface area (Å²) in [5, 5.41) is 6.64. The number of hydrogen-bond acceptors (Lipinski definition) is 4. The molecule has 1 aliphatic heterocycles. The maximum atomic E-state index is 12.1. The van der Waals surface area contributed by atoms with Crippen LogP contribution in [0.25, 0.3) is 0 Å². The van der Waals surface area contributed by atoms with Crippen molar-refractivity contribution in [3.05, 3.63) is 18.3 Å². The minimum Gasteiger partial charge on any atom is -0.381 e. The lowest BCUT2D eigenvalue weighted by Gasteiger charge is -2.21. The summed E-state index contributed by atoms with van der Waals surface area (Å²) < 4.78 is 0. The number of carbonyl (C=O) groups excluding carboxylic acids is 1. The van der Waals surface area contributed by atoms with Gasteiger partial charge in [-0.2, -0.15) is 0 Å². The van der Waals surface area contributed by atoms with Crippen molar-refractivity contribution < 1.29 is 4.79 Å². The molecule has 1 saturated carbocycles. The number of nitrogens with one attached hydrogen (secondary N) is 2. The SMILES string of the molecule is CN(C)c1ccc(NC2CCCN(C(=O)NC3CC3)CC2)cn1. The van der Waals surface area contributed by atoms with E-state index in [1.54, 1.807) is 0 Å². The molecular formula is C17H27N5O. The topological polar surface area (TPSA) is 60.5 Å². The third kappa shape index (κ3) is 4.50. The van der Waals surface area contributed by atoms with Crippen LogP contribution in [-0.2, 0) is 0 Å². The van der Waals surface area contributed by atoms with Crippen molar-refractivity contribution in [3.63, 3.8) is 0 Å². The number of nitrogens with zero attached hydrogens (tertiary/aromatic N) is 3. The maximum absolute atomic E-state index is 12.1. The van der Waals surface area contributed by atoms with Gasteiger partial charge in [0.05, 0.1) is 11.9 Å². The molecule has 1 aliphatic carbocycles. The highest BCUT2D eigenvalue weighted by atomic mass is 16.2. The number of hydrogen-bond donors (Lipinski definition) is 2. The Morgan fingerprint density at radius 3 is 2.65 bits per heavy atom. The fourth-order valence-electron chi connectivity index (χ4n) is 2.91. The molecule has 6 heteroatoms. The van der Waals surface area contributed by atoms with Crippen LogP contribution in [0.15, 0.2) is 18.3 Å².